The number of ketones is 1. The summed E-state index contributed by atoms with van der Waals surface area (Å²) in [5.74, 6) is -2.41. The first-order chi connectivity index (χ1) is 16.4. The molecule has 0 saturated heterocycles. The van der Waals surface area contributed by atoms with Crippen LogP contribution in [0.1, 0.15) is 22.2 Å². The molecule has 5 rings (SSSR count). The van der Waals surface area contributed by atoms with Gasteiger partial charge in [0.15, 0.2) is 11.5 Å². The Bertz CT molecular complexity index is 1470. The molecule has 8 heteroatoms. The van der Waals surface area contributed by atoms with E-state index in [0.29, 0.717) is 22.4 Å². The summed E-state index contributed by atoms with van der Waals surface area (Å²) in [6, 6.07) is 17.9. The Labute approximate surface area is 202 Å². The topological polar surface area (TPSA) is 80.0 Å². The van der Waals surface area contributed by atoms with E-state index in [0.717, 1.165) is 4.47 Å². The first kappa shape index (κ1) is 21.9. The molecule has 4 aromatic rings. The largest absolute Gasteiger partial charge is 0.503 e. The summed E-state index contributed by atoms with van der Waals surface area (Å²) in [5, 5.41) is 11.5. The number of hydrogen-bond donors (Lipinski definition) is 1. The fourth-order valence-corrected chi connectivity index (χ4v) is 4.48. The molecule has 170 valence electrons. The van der Waals surface area contributed by atoms with Crippen molar-refractivity contribution >= 4 is 44.3 Å². The number of nitrogens with zero attached hydrogens (tertiary/aromatic N) is 1. The summed E-state index contributed by atoms with van der Waals surface area (Å²) in [6.07, 6.45) is 0. The van der Waals surface area contributed by atoms with Crippen LogP contribution in [-0.2, 0) is 4.79 Å². The minimum atomic E-state index is -1.20. The van der Waals surface area contributed by atoms with Gasteiger partial charge >= 0.3 is 0 Å². The van der Waals surface area contributed by atoms with Gasteiger partial charge in [0, 0.05) is 21.1 Å². The Hall–Kier alpha value is -3.91. The van der Waals surface area contributed by atoms with Crippen LogP contribution in [0.2, 0.25) is 0 Å². The molecule has 6 nitrogen and oxygen atoms in total. The van der Waals surface area contributed by atoms with Crippen molar-refractivity contribution in [3.05, 3.63) is 106 Å². The third-order valence-electron chi connectivity index (χ3n) is 5.71. The Morgan fingerprint density at radius 2 is 1.82 bits per heavy atom. The standard InChI is InChI=1S/C26H17BrFNO5/c1-33-17-9-7-16(8-10-17)29-23(18-4-2-3-5-19(18)28)22(25(31)26(29)32)24(30)21-13-14-12-15(27)6-11-20(14)34-21/h2-13,23,31H,1H3. The minimum absolute atomic E-state index is 0.0675. The predicted molar refractivity (Wildman–Crippen MR) is 128 cm³/mol. The van der Waals surface area contributed by atoms with Crippen molar-refractivity contribution in [1.82, 2.24) is 0 Å². The van der Waals surface area contributed by atoms with Crippen molar-refractivity contribution in [3.63, 3.8) is 0 Å². The van der Waals surface area contributed by atoms with Crippen molar-refractivity contribution in [2.24, 2.45) is 0 Å². The van der Waals surface area contributed by atoms with Crippen LogP contribution in [-0.4, -0.2) is 23.9 Å². The number of anilines is 1. The fraction of sp³-hybridized carbons (Fsp3) is 0.0769. The number of carbonyl (C=O) groups is 2. The van der Waals surface area contributed by atoms with Crippen molar-refractivity contribution in [2.75, 3.05) is 12.0 Å². The second-order valence-electron chi connectivity index (χ2n) is 7.68. The quantitative estimate of drug-likeness (QED) is 0.319. The highest BCUT2D eigenvalue weighted by Crippen LogP contribution is 2.43. The van der Waals surface area contributed by atoms with Crippen molar-refractivity contribution in [1.29, 1.82) is 0 Å². The number of benzene rings is 3. The molecule has 1 aliphatic heterocycles. The smallest absolute Gasteiger partial charge is 0.294 e. The summed E-state index contributed by atoms with van der Waals surface area (Å²) < 4.78 is 26.6. The molecule has 3 aromatic carbocycles. The number of aliphatic hydroxyl groups is 1. The van der Waals surface area contributed by atoms with Gasteiger partial charge in [0.05, 0.1) is 18.7 Å². The van der Waals surface area contributed by atoms with E-state index >= 15 is 0 Å². The Balaban J connectivity index is 1.66. The number of hydrogen-bond acceptors (Lipinski definition) is 5. The molecular weight excluding hydrogens is 505 g/mol. The third-order valence-corrected chi connectivity index (χ3v) is 6.20. The molecular formula is C26H17BrFNO5. The zero-order valence-electron chi connectivity index (χ0n) is 17.8. The number of Topliss-reactive ketones (excluding diaryl/α,β-unsaturated/α-hetero) is 1. The monoisotopic (exact) mass is 521 g/mol. The van der Waals surface area contributed by atoms with Crippen LogP contribution in [0.25, 0.3) is 11.0 Å². The molecule has 0 bridgehead atoms. The maximum absolute atomic E-state index is 15.0. The normalized spacial score (nSPS) is 15.9. The molecule has 1 unspecified atom stereocenters. The van der Waals surface area contributed by atoms with Crippen LogP contribution in [0.15, 0.2) is 93.0 Å². The van der Waals surface area contributed by atoms with E-state index in [4.69, 9.17) is 9.15 Å². The van der Waals surface area contributed by atoms with E-state index in [2.05, 4.69) is 15.9 Å². The first-order valence-corrected chi connectivity index (χ1v) is 11.1. The molecule has 1 N–H and O–H groups in total. The van der Waals surface area contributed by atoms with Gasteiger partial charge in [0.25, 0.3) is 5.91 Å². The van der Waals surface area contributed by atoms with Gasteiger partial charge in [-0.15, -0.1) is 0 Å². The Morgan fingerprint density at radius 3 is 2.53 bits per heavy atom. The van der Waals surface area contributed by atoms with E-state index in [1.165, 1.54) is 36.3 Å². The SMILES string of the molecule is COc1ccc(N2C(=O)C(O)=C(C(=O)c3cc4cc(Br)ccc4o3)C2c2ccccc2F)cc1. The molecule has 0 saturated carbocycles. The summed E-state index contributed by atoms with van der Waals surface area (Å²) in [6.45, 7) is 0. The number of carbonyl (C=O) groups excluding carboxylic acids is 2. The molecule has 2 heterocycles. The third kappa shape index (κ3) is 3.56. The zero-order valence-corrected chi connectivity index (χ0v) is 19.4. The van der Waals surface area contributed by atoms with E-state index in [1.54, 1.807) is 48.5 Å². The lowest BCUT2D eigenvalue weighted by Crippen LogP contribution is -2.31. The number of furan rings is 1. The number of ether oxygens (including phenoxy) is 1. The number of aliphatic hydroxyl groups excluding tert-OH is 1. The molecule has 1 amide bonds. The van der Waals surface area contributed by atoms with Gasteiger partial charge in [-0.2, -0.15) is 0 Å². The van der Waals surface area contributed by atoms with Crippen LogP contribution >= 0.6 is 15.9 Å². The molecule has 0 fully saturated rings. The van der Waals surface area contributed by atoms with E-state index in [1.807, 2.05) is 0 Å². The maximum atomic E-state index is 15.0. The maximum Gasteiger partial charge on any atom is 0.294 e. The lowest BCUT2D eigenvalue weighted by molar-refractivity contribution is -0.117. The van der Waals surface area contributed by atoms with Crippen molar-refractivity contribution in [2.45, 2.75) is 6.04 Å². The highest BCUT2D eigenvalue weighted by molar-refractivity contribution is 9.10. The lowest BCUT2D eigenvalue weighted by Gasteiger charge is -2.27. The van der Waals surface area contributed by atoms with Crippen molar-refractivity contribution in [3.8, 4) is 5.75 Å². The van der Waals surface area contributed by atoms with Gasteiger partial charge in [-0.3, -0.25) is 14.5 Å². The van der Waals surface area contributed by atoms with Crippen LogP contribution in [0.4, 0.5) is 10.1 Å². The molecule has 1 atom stereocenters. The number of halogens is 2. The zero-order chi connectivity index (χ0) is 24.0. The molecule has 1 aromatic heterocycles. The summed E-state index contributed by atoms with van der Waals surface area (Å²) in [4.78, 5) is 28.0. The van der Waals surface area contributed by atoms with Gasteiger partial charge < -0.3 is 14.3 Å². The van der Waals surface area contributed by atoms with Crippen LogP contribution < -0.4 is 9.64 Å². The summed E-state index contributed by atoms with van der Waals surface area (Å²) in [5.41, 5.74) is 0.634. The van der Waals surface area contributed by atoms with Gasteiger partial charge in [0.2, 0.25) is 5.78 Å². The second kappa shape index (κ2) is 8.46. The van der Waals surface area contributed by atoms with Gasteiger partial charge in [-0.05, 0) is 54.6 Å². The predicted octanol–water partition coefficient (Wildman–Crippen LogP) is 6.13. The first-order valence-electron chi connectivity index (χ1n) is 10.3. The molecule has 0 radical (unpaired) electrons. The number of methoxy groups -OCH3 is 1. The number of rotatable bonds is 5. The highest BCUT2D eigenvalue weighted by Gasteiger charge is 2.46. The average Bonchev–Trinajstić information content (AvgIpc) is 3.37. The highest BCUT2D eigenvalue weighted by atomic mass is 79.9. The van der Waals surface area contributed by atoms with Crippen LogP contribution in [0.3, 0.4) is 0 Å². The van der Waals surface area contributed by atoms with Crippen molar-refractivity contribution < 1.29 is 28.2 Å². The fourth-order valence-electron chi connectivity index (χ4n) is 4.10. The molecule has 0 aliphatic carbocycles. The Kier molecular flexibility index (Phi) is 5.45. The Morgan fingerprint density at radius 1 is 1.09 bits per heavy atom. The van der Waals surface area contributed by atoms with Gasteiger partial charge in [-0.25, -0.2) is 4.39 Å². The van der Waals surface area contributed by atoms with E-state index in [-0.39, 0.29) is 16.9 Å². The van der Waals surface area contributed by atoms with Gasteiger partial charge in [0.1, 0.15) is 17.1 Å². The lowest BCUT2D eigenvalue weighted by atomic mass is 9.94. The van der Waals surface area contributed by atoms with Crippen LogP contribution in [0, 0.1) is 5.82 Å². The number of fused-ring (bicyclic) bond motifs is 1. The second-order valence-corrected chi connectivity index (χ2v) is 8.60. The minimum Gasteiger partial charge on any atom is -0.503 e. The number of amides is 1. The molecule has 0 spiro atoms. The summed E-state index contributed by atoms with van der Waals surface area (Å²) >= 11 is 3.38. The van der Waals surface area contributed by atoms with Gasteiger partial charge in [-0.1, -0.05) is 34.1 Å². The van der Waals surface area contributed by atoms with E-state index in [9.17, 15) is 19.1 Å². The molecule has 1 aliphatic rings. The molecule has 34 heavy (non-hydrogen) atoms. The average molecular weight is 522 g/mol. The van der Waals surface area contributed by atoms with Crippen LogP contribution in [0.5, 0.6) is 5.75 Å². The summed E-state index contributed by atoms with van der Waals surface area (Å²) in [7, 11) is 1.51. The van der Waals surface area contributed by atoms with E-state index < -0.39 is 29.3 Å².